The Hall–Kier alpha value is -1.10. The van der Waals surface area contributed by atoms with Crippen molar-refractivity contribution in [2.24, 2.45) is 0 Å². The lowest BCUT2D eigenvalue weighted by Crippen LogP contribution is -2.19. The third-order valence-electron chi connectivity index (χ3n) is 3.25. The van der Waals surface area contributed by atoms with Crippen LogP contribution in [0.1, 0.15) is 29.3 Å². The zero-order chi connectivity index (χ0) is 15.2. The summed E-state index contributed by atoms with van der Waals surface area (Å²) in [6.07, 6.45) is 3.11. The minimum Gasteiger partial charge on any atom is -0.354 e. The fourth-order valence-corrected chi connectivity index (χ4v) is 3.42. The Morgan fingerprint density at radius 2 is 2.19 bits per heavy atom. The van der Waals surface area contributed by atoms with Gasteiger partial charge < -0.3 is 10.2 Å². The van der Waals surface area contributed by atoms with Crippen molar-refractivity contribution in [2.75, 3.05) is 18.5 Å². The molecule has 0 saturated carbocycles. The van der Waals surface area contributed by atoms with Crippen molar-refractivity contribution in [3.63, 3.8) is 0 Å². The third kappa shape index (κ3) is 4.70. The molecule has 2 aromatic heterocycles. The monoisotopic (exact) mass is 323 g/mol. The number of halogens is 1. The summed E-state index contributed by atoms with van der Waals surface area (Å²) in [5, 5.41) is 3.40. The number of hydrogen-bond donors (Lipinski definition) is 1. The summed E-state index contributed by atoms with van der Waals surface area (Å²) in [7, 11) is 2.07. The predicted molar refractivity (Wildman–Crippen MR) is 92.4 cm³/mol. The van der Waals surface area contributed by atoms with E-state index in [9.17, 15) is 0 Å². The fourth-order valence-electron chi connectivity index (χ4n) is 2.28. The molecule has 0 radical (unpaired) electrons. The number of rotatable bonds is 7. The molecular formula is C16H22ClN3S. The van der Waals surface area contributed by atoms with Crippen LogP contribution in [0.25, 0.3) is 0 Å². The average Bonchev–Trinajstić information content (AvgIpc) is 2.84. The highest BCUT2D eigenvalue weighted by Gasteiger charge is 2.09. The first-order chi connectivity index (χ1) is 10.1. The first kappa shape index (κ1) is 16.3. The molecule has 5 heteroatoms. The Bertz CT molecular complexity index is 583. The van der Waals surface area contributed by atoms with E-state index in [4.69, 9.17) is 11.6 Å². The number of aryl methyl sites for hydroxylation is 1. The maximum atomic E-state index is 5.98. The van der Waals surface area contributed by atoms with Gasteiger partial charge in [0.1, 0.15) is 5.82 Å². The van der Waals surface area contributed by atoms with E-state index >= 15 is 0 Å². The molecule has 0 fully saturated rings. The highest BCUT2D eigenvalue weighted by molar-refractivity contribution is 7.16. The van der Waals surface area contributed by atoms with Gasteiger partial charge in [0.2, 0.25) is 0 Å². The molecule has 0 aliphatic carbocycles. The van der Waals surface area contributed by atoms with Crippen molar-refractivity contribution in [1.29, 1.82) is 0 Å². The van der Waals surface area contributed by atoms with E-state index in [0.717, 1.165) is 36.2 Å². The summed E-state index contributed by atoms with van der Waals surface area (Å²) in [5.41, 5.74) is 2.44. The van der Waals surface area contributed by atoms with Crippen molar-refractivity contribution >= 4 is 28.8 Å². The normalized spacial score (nSPS) is 10.9. The topological polar surface area (TPSA) is 28.2 Å². The van der Waals surface area contributed by atoms with E-state index in [1.165, 1.54) is 16.0 Å². The van der Waals surface area contributed by atoms with Crippen LogP contribution in [0.5, 0.6) is 0 Å². The lowest BCUT2D eigenvalue weighted by molar-refractivity contribution is 0.673. The Kier molecular flexibility index (Phi) is 6.03. The van der Waals surface area contributed by atoms with Crippen LogP contribution in [0.15, 0.2) is 24.4 Å². The molecule has 0 atom stereocenters. The van der Waals surface area contributed by atoms with Gasteiger partial charge in [-0.3, -0.25) is 0 Å². The van der Waals surface area contributed by atoms with Gasteiger partial charge in [0, 0.05) is 24.7 Å². The SMILES string of the molecule is CCCNCc1cnc(N(C)Cc2ccc(Cl)s2)c(C)c1. The summed E-state index contributed by atoms with van der Waals surface area (Å²) in [6.45, 7) is 7.04. The second-order valence-electron chi connectivity index (χ2n) is 5.22. The highest BCUT2D eigenvalue weighted by atomic mass is 35.5. The van der Waals surface area contributed by atoms with Gasteiger partial charge in [-0.25, -0.2) is 4.98 Å². The van der Waals surface area contributed by atoms with Crippen molar-refractivity contribution in [3.05, 3.63) is 44.7 Å². The number of hydrogen-bond acceptors (Lipinski definition) is 4. The van der Waals surface area contributed by atoms with Gasteiger partial charge in [-0.05, 0) is 49.2 Å². The number of nitrogens with one attached hydrogen (secondary N) is 1. The van der Waals surface area contributed by atoms with Gasteiger partial charge in [0.15, 0.2) is 0 Å². The molecule has 114 valence electrons. The van der Waals surface area contributed by atoms with E-state index < -0.39 is 0 Å². The number of anilines is 1. The molecule has 0 amide bonds. The summed E-state index contributed by atoms with van der Waals surface area (Å²) in [5.74, 6) is 1.03. The maximum absolute atomic E-state index is 5.98. The number of pyridine rings is 1. The smallest absolute Gasteiger partial charge is 0.131 e. The minimum absolute atomic E-state index is 0.832. The molecule has 0 saturated heterocycles. The zero-order valence-electron chi connectivity index (χ0n) is 12.8. The molecule has 0 aliphatic rings. The lowest BCUT2D eigenvalue weighted by atomic mass is 10.2. The van der Waals surface area contributed by atoms with Gasteiger partial charge in [0.25, 0.3) is 0 Å². The molecule has 0 aromatic carbocycles. The Morgan fingerprint density at radius 1 is 1.38 bits per heavy atom. The second-order valence-corrected chi connectivity index (χ2v) is 7.02. The van der Waals surface area contributed by atoms with E-state index in [0.29, 0.717) is 0 Å². The molecule has 2 heterocycles. The van der Waals surface area contributed by atoms with Crippen LogP contribution in [0.2, 0.25) is 4.34 Å². The molecule has 3 nitrogen and oxygen atoms in total. The van der Waals surface area contributed by atoms with Crippen LogP contribution in [-0.4, -0.2) is 18.6 Å². The van der Waals surface area contributed by atoms with Crippen LogP contribution in [-0.2, 0) is 13.1 Å². The molecule has 2 aromatic rings. The van der Waals surface area contributed by atoms with Gasteiger partial charge in [-0.2, -0.15) is 0 Å². The fraction of sp³-hybridized carbons (Fsp3) is 0.438. The first-order valence-corrected chi connectivity index (χ1v) is 8.41. The highest BCUT2D eigenvalue weighted by Crippen LogP contribution is 2.25. The summed E-state index contributed by atoms with van der Waals surface area (Å²) >= 11 is 7.60. The van der Waals surface area contributed by atoms with Crippen LogP contribution in [0.4, 0.5) is 5.82 Å². The quantitative estimate of drug-likeness (QED) is 0.772. The summed E-state index contributed by atoms with van der Waals surface area (Å²) in [4.78, 5) is 8.03. The van der Waals surface area contributed by atoms with E-state index in [1.807, 2.05) is 12.3 Å². The van der Waals surface area contributed by atoms with Crippen molar-refractivity contribution in [3.8, 4) is 0 Å². The molecule has 21 heavy (non-hydrogen) atoms. The maximum Gasteiger partial charge on any atom is 0.131 e. The predicted octanol–water partition coefficient (Wildman–Crippen LogP) is 4.24. The standard InChI is InChI=1S/C16H22ClN3S/c1-4-7-18-9-13-8-12(2)16(19-10-13)20(3)11-14-5-6-15(17)21-14/h5-6,8,10,18H,4,7,9,11H2,1-3H3. The third-order valence-corrected chi connectivity index (χ3v) is 4.46. The van der Waals surface area contributed by atoms with Crippen LogP contribution >= 0.6 is 22.9 Å². The van der Waals surface area contributed by atoms with Crippen molar-refractivity contribution in [1.82, 2.24) is 10.3 Å². The van der Waals surface area contributed by atoms with Gasteiger partial charge in [-0.1, -0.05) is 18.5 Å². The van der Waals surface area contributed by atoms with Gasteiger partial charge in [-0.15, -0.1) is 11.3 Å². The molecule has 0 unspecified atom stereocenters. The molecule has 0 bridgehead atoms. The van der Waals surface area contributed by atoms with Crippen LogP contribution in [0, 0.1) is 6.92 Å². The Morgan fingerprint density at radius 3 is 2.81 bits per heavy atom. The summed E-state index contributed by atoms with van der Waals surface area (Å²) in [6, 6.07) is 6.23. The van der Waals surface area contributed by atoms with Gasteiger partial charge in [0.05, 0.1) is 10.9 Å². The summed E-state index contributed by atoms with van der Waals surface area (Å²) < 4.78 is 0.834. The number of nitrogens with zero attached hydrogens (tertiary/aromatic N) is 2. The molecule has 1 N–H and O–H groups in total. The van der Waals surface area contributed by atoms with E-state index in [2.05, 4.69) is 48.2 Å². The van der Waals surface area contributed by atoms with Crippen molar-refractivity contribution < 1.29 is 0 Å². The molecule has 0 spiro atoms. The Labute approximate surface area is 136 Å². The van der Waals surface area contributed by atoms with E-state index in [-0.39, 0.29) is 0 Å². The van der Waals surface area contributed by atoms with E-state index in [1.54, 1.807) is 11.3 Å². The first-order valence-electron chi connectivity index (χ1n) is 7.21. The average molecular weight is 324 g/mol. The zero-order valence-corrected chi connectivity index (χ0v) is 14.4. The molecule has 0 aliphatic heterocycles. The minimum atomic E-state index is 0.832. The van der Waals surface area contributed by atoms with Crippen LogP contribution in [0.3, 0.4) is 0 Å². The Balaban J connectivity index is 2.02. The second kappa shape index (κ2) is 7.78. The molecular weight excluding hydrogens is 302 g/mol. The lowest BCUT2D eigenvalue weighted by Gasteiger charge is -2.20. The van der Waals surface area contributed by atoms with Gasteiger partial charge >= 0.3 is 0 Å². The number of aromatic nitrogens is 1. The molecule has 2 rings (SSSR count). The largest absolute Gasteiger partial charge is 0.354 e. The van der Waals surface area contributed by atoms with Crippen molar-refractivity contribution in [2.45, 2.75) is 33.4 Å². The number of thiophene rings is 1. The van der Waals surface area contributed by atoms with Crippen LogP contribution < -0.4 is 10.2 Å².